The van der Waals surface area contributed by atoms with Gasteiger partial charge in [0.05, 0.1) is 6.21 Å². The first-order chi connectivity index (χ1) is 17.7. The van der Waals surface area contributed by atoms with Crippen molar-refractivity contribution in [2.24, 2.45) is 5.10 Å². The summed E-state index contributed by atoms with van der Waals surface area (Å²) in [4.78, 5) is 25.6. The van der Waals surface area contributed by atoms with Crippen molar-refractivity contribution in [3.63, 3.8) is 0 Å². The smallest absolute Gasteiger partial charge is 0.271 e. The summed E-state index contributed by atoms with van der Waals surface area (Å²) < 4.78 is 5.52. The highest BCUT2D eigenvalue weighted by Crippen LogP contribution is 2.22. The van der Waals surface area contributed by atoms with Crippen LogP contribution in [0.3, 0.4) is 0 Å². The molecule has 0 aromatic heterocycles. The van der Waals surface area contributed by atoms with E-state index in [0.717, 1.165) is 22.6 Å². The number of anilines is 1. The number of carbonyl (C=O) groups excluding carboxylic acids is 2. The topological polar surface area (TPSA) is 79.8 Å². The number of rotatable bonds is 10. The predicted octanol–water partition coefficient (Wildman–Crippen LogP) is 5.76. The molecule has 6 nitrogen and oxygen atoms in total. The van der Waals surface area contributed by atoms with E-state index in [-0.39, 0.29) is 18.4 Å². The monoisotopic (exact) mass is 495 g/mol. The maximum atomic E-state index is 12.4. The number of hydrazone groups is 1. The van der Waals surface area contributed by atoms with Crippen molar-refractivity contribution in [2.45, 2.75) is 10.6 Å². The van der Waals surface area contributed by atoms with Crippen molar-refractivity contribution in [2.75, 3.05) is 11.9 Å². The molecule has 0 radical (unpaired) electrons. The van der Waals surface area contributed by atoms with Crippen molar-refractivity contribution in [1.82, 2.24) is 5.43 Å². The predicted molar refractivity (Wildman–Crippen MR) is 145 cm³/mol. The summed E-state index contributed by atoms with van der Waals surface area (Å²) in [6.07, 6.45) is 1.55. The van der Waals surface area contributed by atoms with Crippen LogP contribution in [0.2, 0.25) is 0 Å². The fourth-order valence-electron chi connectivity index (χ4n) is 3.18. The first-order valence-corrected chi connectivity index (χ1v) is 12.3. The Morgan fingerprint density at radius 1 is 0.806 bits per heavy atom. The standard InChI is InChI=1S/C29H25N3O3S/c33-28(31-25-7-3-1-4-8-25)20-35-26-17-13-22(14-18-26)19-30-32-29(34)24-15-11-23(12-16-24)21-36-27-9-5-2-6-10-27/h1-19H,20-21H2,(H,31,33)(H,32,34)/b30-19-. The Morgan fingerprint density at radius 2 is 1.47 bits per heavy atom. The van der Waals surface area contributed by atoms with Crippen LogP contribution < -0.4 is 15.5 Å². The van der Waals surface area contributed by atoms with Crippen molar-refractivity contribution in [3.05, 3.63) is 126 Å². The Morgan fingerprint density at radius 3 is 2.17 bits per heavy atom. The number of nitrogens with zero attached hydrogens (tertiary/aromatic N) is 1. The van der Waals surface area contributed by atoms with Crippen LogP contribution in [-0.2, 0) is 10.5 Å². The van der Waals surface area contributed by atoms with Crippen LogP contribution in [-0.4, -0.2) is 24.6 Å². The molecular formula is C29H25N3O3S. The second-order valence-electron chi connectivity index (χ2n) is 7.77. The summed E-state index contributed by atoms with van der Waals surface area (Å²) in [6, 6.07) is 34.0. The summed E-state index contributed by atoms with van der Waals surface area (Å²) in [7, 11) is 0. The fourth-order valence-corrected chi connectivity index (χ4v) is 4.06. The fraction of sp³-hybridized carbons (Fsp3) is 0.0690. The average molecular weight is 496 g/mol. The van der Waals surface area contributed by atoms with Gasteiger partial charge in [0.25, 0.3) is 11.8 Å². The number of nitrogens with one attached hydrogen (secondary N) is 2. The highest BCUT2D eigenvalue weighted by molar-refractivity contribution is 7.98. The minimum atomic E-state index is -0.280. The number of benzene rings is 4. The van der Waals surface area contributed by atoms with E-state index in [4.69, 9.17) is 4.74 Å². The van der Waals surface area contributed by atoms with Gasteiger partial charge in [-0.1, -0.05) is 48.5 Å². The maximum Gasteiger partial charge on any atom is 0.271 e. The van der Waals surface area contributed by atoms with Gasteiger partial charge in [-0.3, -0.25) is 9.59 Å². The molecule has 0 aliphatic carbocycles. The third-order valence-corrected chi connectivity index (χ3v) is 6.14. The number of hydrogen-bond acceptors (Lipinski definition) is 5. The number of carbonyl (C=O) groups is 2. The SMILES string of the molecule is O=C(COc1ccc(/C=N\NC(=O)c2ccc(CSc3ccccc3)cc2)cc1)Nc1ccccc1. The lowest BCUT2D eigenvalue weighted by atomic mass is 10.1. The van der Waals surface area contributed by atoms with Gasteiger partial charge in [0.1, 0.15) is 5.75 Å². The molecule has 2 N–H and O–H groups in total. The third kappa shape index (κ3) is 7.85. The number of hydrogen-bond donors (Lipinski definition) is 2. The zero-order chi connectivity index (χ0) is 25.0. The van der Waals surface area contributed by atoms with Crippen LogP contribution in [0, 0.1) is 0 Å². The van der Waals surface area contributed by atoms with Gasteiger partial charge in [0.2, 0.25) is 0 Å². The van der Waals surface area contributed by atoms with Gasteiger partial charge in [0, 0.05) is 21.9 Å². The molecule has 180 valence electrons. The van der Waals surface area contributed by atoms with Crippen molar-refractivity contribution < 1.29 is 14.3 Å². The van der Waals surface area contributed by atoms with Crippen LogP contribution >= 0.6 is 11.8 Å². The number of para-hydroxylation sites is 1. The summed E-state index contributed by atoms with van der Waals surface area (Å²) >= 11 is 1.75. The largest absolute Gasteiger partial charge is 0.484 e. The summed E-state index contributed by atoms with van der Waals surface area (Å²) in [5, 5.41) is 6.80. The maximum absolute atomic E-state index is 12.4. The van der Waals surface area contributed by atoms with Gasteiger partial charge in [-0.2, -0.15) is 5.10 Å². The molecule has 0 heterocycles. The van der Waals surface area contributed by atoms with Crippen molar-refractivity contribution in [3.8, 4) is 5.75 Å². The molecule has 4 aromatic carbocycles. The van der Waals surface area contributed by atoms with E-state index < -0.39 is 0 Å². The molecule has 0 atom stereocenters. The zero-order valence-electron chi connectivity index (χ0n) is 19.5. The van der Waals surface area contributed by atoms with Crippen LogP contribution in [0.1, 0.15) is 21.5 Å². The van der Waals surface area contributed by atoms with Crippen molar-refractivity contribution in [1.29, 1.82) is 0 Å². The molecule has 4 aromatic rings. The third-order valence-electron chi connectivity index (χ3n) is 5.05. The van der Waals surface area contributed by atoms with E-state index in [1.165, 1.54) is 4.90 Å². The first kappa shape index (κ1) is 24.8. The molecule has 0 unspecified atom stereocenters. The van der Waals surface area contributed by atoms with Gasteiger partial charge < -0.3 is 10.1 Å². The Labute approximate surface area is 214 Å². The lowest BCUT2D eigenvalue weighted by molar-refractivity contribution is -0.118. The zero-order valence-corrected chi connectivity index (χ0v) is 20.3. The molecule has 0 saturated heterocycles. The van der Waals surface area contributed by atoms with Gasteiger partial charge in [-0.05, 0) is 71.8 Å². The Bertz CT molecular complexity index is 1290. The highest BCUT2D eigenvalue weighted by Gasteiger charge is 2.05. The molecule has 0 saturated carbocycles. The minimum Gasteiger partial charge on any atom is -0.484 e. The van der Waals surface area contributed by atoms with Crippen LogP contribution in [0.15, 0.2) is 119 Å². The highest BCUT2D eigenvalue weighted by atomic mass is 32.2. The first-order valence-electron chi connectivity index (χ1n) is 11.3. The molecule has 0 aliphatic rings. The van der Waals surface area contributed by atoms with E-state index in [2.05, 4.69) is 28.0 Å². The molecule has 0 spiro atoms. The van der Waals surface area contributed by atoms with E-state index in [1.807, 2.05) is 60.7 Å². The lowest BCUT2D eigenvalue weighted by Crippen LogP contribution is -2.20. The normalized spacial score (nSPS) is 10.7. The average Bonchev–Trinajstić information content (AvgIpc) is 2.93. The Balaban J connectivity index is 1.20. The summed E-state index contributed by atoms with van der Waals surface area (Å²) in [5.74, 6) is 0.877. The van der Waals surface area contributed by atoms with Gasteiger partial charge >= 0.3 is 0 Å². The Hall–Kier alpha value is -4.36. The van der Waals surface area contributed by atoms with E-state index in [0.29, 0.717) is 11.3 Å². The molecule has 0 fully saturated rings. The van der Waals surface area contributed by atoms with Gasteiger partial charge in [-0.25, -0.2) is 5.43 Å². The summed E-state index contributed by atoms with van der Waals surface area (Å²) in [6.45, 7) is -0.0951. The molecule has 2 amide bonds. The molecule has 36 heavy (non-hydrogen) atoms. The summed E-state index contributed by atoms with van der Waals surface area (Å²) in [5.41, 5.74) is 5.73. The molecule has 0 aliphatic heterocycles. The lowest BCUT2D eigenvalue weighted by Gasteiger charge is -2.07. The second kappa shape index (κ2) is 12.9. The van der Waals surface area contributed by atoms with Crippen LogP contribution in [0.25, 0.3) is 0 Å². The van der Waals surface area contributed by atoms with Crippen molar-refractivity contribution >= 4 is 35.5 Å². The molecule has 7 heteroatoms. The van der Waals surface area contributed by atoms with E-state index in [9.17, 15) is 9.59 Å². The van der Waals surface area contributed by atoms with E-state index >= 15 is 0 Å². The van der Waals surface area contributed by atoms with Gasteiger partial charge in [-0.15, -0.1) is 11.8 Å². The van der Waals surface area contributed by atoms with E-state index in [1.54, 1.807) is 54.4 Å². The number of amides is 2. The number of thioether (sulfide) groups is 1. The second-order valence-corrected chi connectivity index (χ2v) is 8.82. The molecule has 4 rings (SSSR count). The van der Waals surface area contributed by atoms with Crippen LogP contribution in [0.5, 0.6) is 5.75 Å². The molecule has 0 bridgehead atoms. The number of ether oxygens (including phenoxy) is 1. The molecular weight excluding hydrogens is 470 g/mol. The quantitative estimate of drug-likeness (QED) is 0.167. The minimum absolute atomic E-state index is 0.0951. The van der Waals surface area contributed by atoms with Crippen LogP contribution in [0.4, 0.5) is 5.69 Å². The Kier molecular flexibility index (Phi) is 8.89. The van der Waals surface area contributed by atoms with Gasteiger partial charge in [0.15, 0.2) is 6.61 Å².